The Balaban J connectivity index is 1.56. The summed E-state index contributed by atoms with van der Waals surface area (Å²) in [5, 5.41) is 10.7. The van der Waals surface area contributed by atoms with Crippen LogP contribution in [0.5, 0.6) is 0 Å². The second-order valence-corrected chi connectivity index (χ2v) is 7.22. The zero-order valence-electron chi connectivity index (χ0n) is 16.4. The average Bonchev–Trinajstić information content (AvgIpc) is 3.24. The maximum Gasteiger partial charge on any atom is 0.242 e. The van der Waals surface area contributed by atoms with Crippen molar-refractivity contribution in [3.63, 3.8) is 0 Å². The van der Waals surface area contributed by atoms with E-state index in [-0.39, 0.29) is 11.9 Å². The third kappa shape index (κ3) is 5.40. The molecule has 1 fully saturated rings. The fraction of sp³-hybridized carbons (Fsp3) is 0.632. The van der Waals surface area contributed by atoms with Gasteiger partial charge in [0, 0.05) is 38.3 Å². The Morgan fingerprint density at radius 1 is 1.19 bits per heavy atom. The van der Waals surface area contributed by atoms with Crippen LogP contribution in [0.2, 0.25) is 0 Å². The van der Waals surface area contributed by atoms with Crippen LogP contribution < -0.4 is 5.32 Å². The van der Waals surface area contributed by atoms with Crippen molar-refractivity contribution < 1.29 is 13.8 Å². The Hall–Kier alpha value is -2.19. The Labute approximate surface area is 159 Å². The molecular formula is C19H29N5O3. The van der Waals surface area contributed by atoms with Gasteiger partial charge in [-0.3, -0.25) is 14.6 Å². The summed E-state index contributed by atoms with van der Waals surface area (Å²) < 4.78 is 10.4. The van der Waals surface area contributed by atoms with Crippen molar-refractivity contribution >= 4 is 11.7 Å². The van der Waals surface area contributed by atoms with Gasteiger partial charge in [-0.15, -0.1) is 0 Å². The molecule has 1 amide bonds. The standard InChI is InChI=1S/C19H29N5O3/c1-4-5-6-17(19(25)20-18-12-15(3)26-22-18)24-9-7-23(8-10-24)13-16-11-14(2)21-27-16/h11-12,17H,4-10,13H2,1-3H3,(H,20,22,25)/t17-/m0/s1. The highest BCUT2D eigenvalue weighted by molar-refractivity contribution is 5.94. The quantitative estimate of drug-likeness (QED) is 0.759. The fourth-order valence-electron chi connectivity index (χ4n) is 3.46. The van der Waals surface area contributed by atoms with Gasteiger partial charge in [-0.25, -0.2) is 0 Å². The molecule has 2 aromatic heterocycles. The smallest absolute Gasteiger partial charge is 0.242 e. The molecule has 0 aliphatic carbocycles. The Kier molecular flexibility index (Phi) is 6.63. The minimum atomic E-state index is -0.142. The van der Waals surface area contributed by atoms with Crippen molar-refractivity contribution in [3.8, 4) is 0 Å². The van der Waals surface area contributed by atoms with E-state index in [1.807, 2.05) is 19.9 Å². The van der Waals surface area contributed by atoms with Crippen LogP contribution in [0.15, 0.2) is 21.2 Å². The van der Waals surface area contributed by atoms with Crippen molar-refractivity contribution in [3.05, 3.63) is 29.3 Å². The highest BCUT2D eigenvalue weighted by Gasteiger charge is 2.29. The van der Waals surface area contributed by atoms with Crippen molar-refractivity contribution in [1.29, 1.82) is 0 Å². The van der Waals surface area contributed by atoms with E-state index in [0.717, 1.165) is 63.4 Å². The first kappa shape index (κ1) is 19.6. The van der Waals surface area contributed by atoms with Gasteiger partial charge in [-0.05, 0) is 20.3 Å². The molecule has 3 rings (SSSR count). The maximum atomic E-state index is 12.8. The Bertz CT molecular complexity index is 733. The van der Waals surface area contributed by atoms with Gasteiger partial charge in [0.05, 0.1) is 18.3 Å². The summed E-state index contributed by atoms with van der Waals surface area (Å²) in [7, 11) is 0. The highest BCUT2D eigenvalue weighted by atomic mass is 16.5. The molecule has 1 N–H and O–H groups in total. The van der Waals surface area contributed by atoms with E-state index in [9.17, 15) is 4.79 Å². The summed E-state index contributed by atoms with van der Waals surface area (Å²) >= 11 is 0. The predicted octanol–water partition coefficient (Wildman–Crippen LogP) is 2.59. The molecule has 1 aliphatic rings. The van der Waals surface area contributed by atoms with Gasteiger partial charge >= 0.3 is 0 Å². The van der Waals surface area contributed by atoms with Crippen LogP contribution in [-0.4, -0.2) is 58.2 Å². The first-order valence-corrected chi connectivity index (χ1v) is 9.68. The number of nitrogens with one attached hydrogen (secondary N) is 1. The van der Waals surface area contributed by atoms with Crippen LogP contribution in [0.1, 0.15) is 43.4 Å². The normalized spacial score (nSPS) is 17.1. The summed E-state index contributed by atoms with van der Waals surface area (Å²) in [5.41, 5.74) is 0.906. The largest absolute Gasteiger partial charge is 0.360 e. The number of hydrogen-bond donors (Lipinski definition) is 1. The lowest BCUT2D eigenvalue weighted by Gasteiger charge is -2.38. The number of hydrogen-bond acceptors (Lipinski definition) is 7. The molecule has 3 heterocycles. The molecule has 1 atom stereocenters. The average molecular weight is 375 g/mol. The van der Waals surface area contributed by atoms with Gasteiger partial charge in [0.2, 0.25) is 5.91 Å². The molecule has 2 aromatic rings. The van der Waals surface area contributed by atoms with E-state index >= 15 is 0 Å². The molecule has 0 aromatic carbocycles. The van der Waals surface area contributed by atoms with Crippen LogP contribution in [-0.2, 0) is 11.3 Å². The zero-order chi connectivity index (χ0) is 19.2. The van der Waals surface area contributed by atoms with Crippen LogP contribution in [0.3, 0.4) is 0 Å². The number of carbonyl (C=O) groups is 1. The van der Waals surface area contributed by atoms with E-state index in [1.165, 1.54) is 0 Å². The lowest BCUT2D eigenvalue weighted by Crippen LogP contribution is -2.53. The molecule has 0 spiro atoms. The number of nitrogens with zero attached hydrogens (tertiary/aromatic N) is 4. The van der Waals surface area contributed by atoms with E-state index in [4.69, 9.17) is 9.05 Å². The van der Waals surface area contributed by atoms with E-state index in [0.29, 0.717) is 11.6 Å². The van der Waals surface area contributed by atoms with E-state index in [1.54, 1.807) is 6.07 Å². The second-order valence-electron chi connectivity index (χ2n) is 7.22. The zero-order valence-corrected chi connectivity index (χ0v) is 16.4. The van der Waals surface area contributed by atoms with Crippen LogP contribution in [0, 0.1) is 13.8 Å². The van der Waals surface area contributed by atoms with Gasteiger partial charge in [0.1, 0.15) is 5.76 Å². The molecule has 0 bridgehead atoms. The number of amides is 1. The lowest BCUT2D eigenvalue weighted by molar-refractivity contribution is -0.122. The SMILES string of the molecule is CCCC[C@@H](C(=O)Nc1cc(C)on1)N1CCN(Cc2cc(C)no2)CC1. The molecule has 0 unspecified atom stereocenters. The van der Waals surface area contributed by atoms with Crippen LogP contribution >= 0.6 is 0 Å². The van der Waals surface area contributed by atoms with Crippen molar-refractivity contribution in [2.24, 2.45) is 0 Å². The van der Waals surface area contributed by atoms with Crippen LogP contribution in [0.4, 0.5) is 5.82 Å². The molecule has 0 saturated carbocycles. The lowest BCUT2D eigenvalue weighted by atomic mass is 10.1. The van der Waals surface area contributed by atoms with Crippen LogP contribution in [0.25, 0.3) is 0 Å². The third-order valence-corrected chi connectivity index (χ3v) is 4.92. The summed E-state index contributed by atoms with van der Waals surface area (Å²) in [6, 6.07) is 3.58. The van der Waals surface area contributed by atoms with Gasteiger partial charge in [0.25, 0.3) is 0 Å². The Morgan fingerprint density at radius 2 is 1.96 bits per heavy atom. The van der Waals surface area contributed by atoms with Crippen molar-refractivity contribution in [2.75, 3.05) is 31.5 Å². The number of aryl methyl sites for hydroxylation is 2. The minimum Gasteiger partial charge on any atom is -0.360 e. The molecule has 1 saturated heterocycles. The molecule has 0 radical (unpaired) electrons. The topological polar surface area (TPSA) is 87.6 Å². The minimum absolute atomic E-state index is 0.00365. The van der Waals surface area contributed by atoms with E-state index < -0.39 is 0 Å². The molecule has 1 aliphatic heterocycles. The number of anilines is 1. The summed E-state index contributed by atoms with van der Waals surface area (Å²) in [4.78, 5) is 17.4. The summed E-state index contributed by atoms with van der Waals surface area (Å²) in [6.07, 6.45) is 2.94. The van der Waals surface area contributed by atoms with Gasteiger partial charge in [-0.1, -0.05) is 30.1 Å². The third-order valence-electron chi connectivity index (χ3n) is 4.92. The monoisotopic (exact) mass is 375 g/mol. The Morgan fingerprint density at radius 3 is 2.56 bits per heavy atom. The fourth-order valence-corrected chi connectivity index (χ4v) is 3.46. The molecule has 148 valence electrons. The second kappa shape index (κ2) is 9.14. The number of aromatic nitrogens is 2. The maximum absolute atomic E-state index is 12.8. The first-order valence-electron chi connectivity index (χ1n) is 9.68. The molecule has 27 heavy (non-hydrogen) atoms. The van der Waals surface area contributed by atoms with Crippen molar-refractivity contribution in [2.45, 2.75) is 52.6 Å². The number of rotatable bonds is 8. The first-order chi connectivity index (χ1) is 13.0. The van der Waals surface area contributed by atoms with Gasteiger partial charge < -0.3 is 14.4 Å². The van der Waals surface area contributed by atoms with Gasteiger partial charge in [0.15, 0.2) is 11.6 Å². The van der Waals surface area contributed by atoms with E-state index in [2.05, 4.69) is 32.4 Å². The number of carbonyl (C=O) groups excluding carboxylic acids is 1. The highest BCUT2D eigenvalue weighted by Crippen LogP contribution is 2.17. The van der Waals surface area contributed by atoms with Gasteiger partial charge in [-0.2, -0.15) is 0 Å². The molecule has 8 nitrogen and oxygen atoms in total. The predicted molar refractivity (Wildman–Crippen MR) is 101 cm³/mol. The molecular weight excluding hydrogens is 346 g/mol. The van der Waals surface area contributed by atoms with Crippen molar-refractivity contribution in [1.82, 2.24) is 20.1 Å². The molecule has 8 heteroatoms. The summed E-state index contributed by atoms with van der Waals surface area (Å²) in [6.45, 7) is 10.2. The number of unbranched alkanes of at least 4 members (excludes halogenated alkanes) is 1. The summed E-state index contributed by atoms with van der Waals surface area (Å²) in [5.74, 6) is 2.06. The number of piperazine rings is 1.